The molecule has 0 saturated carbocycles. The zero-order valence-electron chi connectivity index (χ0n) is 17.1. The molecule has 2 atom stereocenters. The molecule has 1 N–H and O–H groups in total. The minimum Gasteiger partial charge on any atom is -0.497 e. The van der Waals surface area contributed by atoms with Crippen LogP contribution in [0.25, 0.3) is 10.9 Å². The van der Waals surface area contributed by atoms with Gasteiger partial charge in [0.1, 0.15) is 17.6 Å². The van der Waals surface area contributed by atoms with Crippen molar-refractivity contribution < 1.29 is 14.3 Å². The predicted octanol–water partition coefficient (Wildman–Crippen LogP) is 2.95. The number of methoxy groups -OCH3 is 1. The largest absolute Gasteiger partial charge is 0.497 e. The van der Waals surface area contributed by atoms with E-state index in [-0.39, 0.29) is 18.1 Å². The monoisotopic (exact) mass is 393 g/mol. The highest BCUT2D eigenvalue weighted by Crippen LogP contribution is 2.30. The normalized spacial score (nSPS) is 19.4. The lowest BCUT2D eigenvalue weighted by molar-refractivity contribution is -0.125. The second-order valence-electron chi connectivity index (χ2n) is 7.50. The number of carbonyl (C=O) groups excluding carboxylic acids is 1. The summed E-state index contributed by atoms with van der Waals surface area (Å²) in [7, 11) is 5.41. The highest BCUT2D eigenvalue weighted by atomic mass is 16.5. The third kappa shape index (κ3) is 3.93. The van der Waals surface area contributed by atoms with Crippen LogP contribution < -0.4 is 14.8 Å². The van der Waals surface area contributed by atoms with Crippen molar-refractivity contribution >= 4 is 16.8 Å². The molecule has 2 aromatic carbocycles. The fourth-order valence-electron chi connectivity index (χ4n) is 4.18. The molecule has 3 aromatic rings. The van der Waals surface area contributed by atoms with Crippen molar-refractivity contribution in [2.45, 2.75) is 25.1 Å². The summed E-state index contributed by atoms with van der Waals surface area (Å²) in [6.45, 7) is 1.38. The van der Waals surface area contributed by atoms with Crippen LogP contribution in [0.15, 0.2) is 54.7 Å². The van der Waals surface area contributed by atoms with Gasteiger partial charge in [-0.15, -0.1) is 0 Å². The highest BCUT2D eigenvalue weighted by Gasteiger charge is 2.37. The number of aromatic nitrogens is 1. The number of likely N-dealkylation sites (tertiary alicyclic amines) is 1. The first-order valence-corrected chi connectivity index (χ1v) is 9.88. The van der Waals surface area contributed by atoms with Crippen LogP contribution in [0, 0.1) is 0 Å². The van der Waals surface area contributed by atoms with Crippen molar-refractivity contribution in [3.8, 4) is 11.5 Å². The third-order valence-electron chi connectivity index (χ3n) is 5.61. The first kappa shape index (κ1) is 19.3. The maximum atomic E-state index is 12.5. The standard InChI is InChI=1S/C23H27N3O3/c1-24-23(27)22-12-19(29-17-7-5-4-6-8-17)15-26(22)14-16-13-25(2)21-10-9-18(28-3)11-20(16)21/h4-11,13,19,22H,12,14-15H2,1-3H3,(H,24,27)/t19-,22+/m0/s1. The maximum Gasteiger partial charge on any atom is 0.237 e. The SMILES string of the molecule is CNC(=O)[C@H]1C[C@H](Oc2ccccc2)CN1Cc1cn(C)c2ccc(OC)cc12. The summed E-state index contributed by atoms with van der Waals surface area (Å²) >= 11 is 0. The van der Waals surface area contributed by atoms with E-state index in [2.05, 4.69) is 33.1 Å². The molecule has 152 valence electrons. The minimum absolute atomic E-state index is 0.0239. The van der Waals surface area contributed by atoms with E-state index in [4.69, 9.17) is 9.47 Å². The molecule has 0 radical (unpaired) electrons. The molecule has 6 nitrogen and oxygen atoms in total. The fraction of sp³-hybridized carbons (Fsp3) is 0.348. The molecule has 4 rings (SSSR count). The van der Waals surface area contributed by atoms with E-state index >= 15 is 0 Å². The van der Waals surface area contributed by atoms with E-state index in [9.17, 15) is 4.79 Å². The van der Waals surface area contributed by atoms with Gasteiger partial charge in [-0.3, -0.25) is 9.69 Å². The van der Waals surface area contributed by atoms with Crippen molar-refractivity contribution in [1.29, 1.82) is 0 Å². The van der Waals surface area contributed by atoms with E-state index in [1.54, 1.807) is 14.2 Å². The number of ether oxygens (including phenoxy) is 2. The molecular formula is C23H27N3O3. The molecule has 0 unspecified atom stereocenters. The van der Waals surface area contributed by atoms with Gasteiger partial charge in [-0.05, 0) is 35.9 Å². The summed E-state index contributed by atoms with van der Waals surface area (Å²) < 4.78 is 13.7. The van der Waals surface area contributed by atoms with Crippen LogP contribution in [0.5, 0.6) is 11.5 Å². The molecule has 1 aliphatic rings. The lowest BCUT2D eigenvalue weighted by atomic mass is 10.1. The summed E-state index contributed by atoms with van der Waals surface area (Å²) in [6, 6.07) is 15.7. The van der Waals surface area contributed by atoms with Crippen molar-refractivity contribution in [3.63, 3.8) is 0 Å². The Balaban J connectivity index is 1.58. The molecule has 1 aromatic heterocycles. The van der Waals surface area contributed by atoms with Crippen LogP contribution in [-0.2, 0) is 18.4 Å². The van der Waals surface area contributed by atoms with Gasteiger partial charge in [0.25, 0.3) is 0 Å². The number of carbonyl (C=O) groups is 1. The van der Waals surface area contributed by atoms with Gasteiger partial charge in [-0.25, -0.2) is 0 Å². The highest BCUT2D eigenvalue weighted by molar-refractivity contribution is 5.86. The quantitative estimate of drug-likeness (QED) is 0.700. The topological polar surface area (TPSA) is 55.7 Å². The number of likely N-dealkylation sites (N-methyl/N-ethyl adjacent to an activating group) is 1. The minimum atomic E-state index is -0.213. The van der Waals surface area contributed by atoms with Gasteiger partial charge in [0.15, 0.2) is 0 Å². The molecule has 1 aliphatic heterocycles. The predicted molar refractivity (Wildman–Crippen MR) is 113 cm³/mol. The smallest absolute Gasteiger partial charge is 0.237 e. The molecule has 0 spiro atoms. The number of aryl methyl sites for hydroxylation is 1. The number of nitrogens with one attached hydrogen (secondary N) is 1. The van der Waals surface area contributed by atoms with Gasteiger partial charge in [-0.2, -0.15) is 0 Å². The molecule has 0 bridgehead atoms. The number of amides is 1. The number of nitrogens with zero attached hydrogens (tertiary/aromatic N) is 2. The summed E-state index contributed by atoms with van der Waals surface area (Å²) in [5.74, 6) is 1.70. The number of rotatable bonds is 6. The number of benzene rings is 2. The summed E-state index contributed by atoms with van der Waals surface area (Å²) in [5.41, 5.74) is 2.32. The van der Waals surface area contributed by atoms with Crippen molar-refractivity contribution in [3.05, 3.63) is 60.3 Å². The average Bonchev–Trinajstić information content (AvgIpc) is 3.28. The van der Waals surface area contributed by atoms with Gasteiger partial charge in [0.2, 0.25) is 5.91 Å². The van der Waals surface area contributed by atoms with Crippen molar-refractivity contribution in [2.24, 2.45) is 7.05 Å². The van der Waals surface area contributed by atoms with Crippen molar-refractivity contribution in [1.82, 2.24) is 14.8 Å². The molecule has 1 saturated heterocycles. The molecule has 6 heteroatoms. The lowest BCUT2D eigenvalue weighted by Crippen LogP contribution is -2.41. The number of hydrogen-bond acceptors (Lipinski definition) is 4. The van der Waals surface area contributed by atoms with E-state index in [0.717, 1.165) is 22.4 Å². The van der Waals surface area contributed by atoms with Gasteiger partial charge in [0, 0.05) is 50.7 Å². The van der Waals surface area contributed by atoms with Crippen LogP contribution >= 0.6 is 0 Å². The second-order valence-corrected chi connectivity index (χ2v) is 7.50. The number of para-hydroxylation sites is 1. The number of hydrogen-bond donors (Lipinski definition) is 1. The average molecular weight is 393 g/mol. The molecular weight excluding hydrogens is 366 g/mol. The van der Waals surface area contributed by atoms with E-state index in [0.29, 0.717) is 19.5 Å². The zero-order chi connectivity index (χ0) is 20.4. The third-order valence-corrected chi connectivity index (χ3v) is 5.61. The Kier molecular flexibility index (Phi) is 5.45. The zero-order valence-corrected chi connectivity index (χ0v) is 17.1. The molecule has 29 heavy (non-hydrogen) atoms. The summed E-state index contributed by atoms with van der Waals surface area (Å²) in [5, 5.41) is 3.95. The van der Waals surface area contributed by atoms with Gasteiger partial charge in [0.05, 0.1) is 13.2 Å². The van der Waals surface area contributed by atoms with Gasteiger partial charge in [-0.1, -0.05) is 18.2 Å². The number of fused-ring (bicyclic) bond motifs is 1. The van der Waals surface area contributed by atoms with Crippen LogP contribution in [0.2, 0.25) is 0 Å². The Morgan fingerprint density at radius 2 is 1.97 bits per heavy atom. The van der Waals surface area contributed by atoms with E-state index in [1.165, 1.54) is 5.56 Å². The van der Waals surface area contributed by atoms with Crippen LogP contribution in [0.3, 0.4) is 0 Å². The second kappa shape index (κ2) is 8.17. The van der Waals surface area contributed by atoms with E-state index < -0.39 is 0 Å². The van der Waals surface area contributed by atoms with E-state index in [1.807, 2.05) is 43.4 Å². The molecule has 1 amide bonds. The first-order chi connectivity index (χ1) is 14.1. The Morgan fingerprint density at radius 1 is 1.17 bits per heavy atom. The molecule has 1 fully saturated rings. The van der Waals surface area contributed by atoms with Crippen LogP contribution in [-0.4, -0.2) is 48.2 Å². The molecule has 0 aliphatic carbocycles. The first-order valence-electron chi connectivity index (χ1n) is 9.88. The lowest BCUT2D eigenvalue weighted by Gasteiger charge is -2.22. The maximum absolute atomic E-state index is 12.5. The molecule has 2 heterocycles. The summed E-state index contributed by atoms with van der Waals surface area (Å²) in [4.78, 5) is 14.8. The van der Waals surface area contributed by atoms with Gasteiger partial charge < -0.3 is 19.4 Å². The van der Waals surface area contributed by atoms with Crippen LogP contribution in [0.1, 0.15) is 12.0 Å². The van der Waals surface area contributed by atoms with Gasteiger partial charge >= 0.3 is 0 Å². The Labute approximate surface area is 171 Å². The Bertz CT molecular complexity index is 999. The Hall–Kier alpha value is -2.99. The fourth-order valence-corrected chi connectivity index (χ4v) is 4.18. The summed E-state index contributed by atoms with van der Waals surface area (Å²) in [6.07, 6.45) is 2.78. The van der Waals surface area contributed by atoms with Crippen LogP contribution in [0.4, 0.5) is 0 Å². The van der Waals surface area contributed by atoms with Crippen molar-refractivity contribution in [2.75, 3.05) is 20.7 Å². The Morgan fingerprint density at radius 3 is 2.69 bits per heavy atom.